The number of nitro groups is 1. The van der Waals surface area contributed by atoms with Crippen LogP contribution in [0, 0.1) is 27.3 Å². The Morgan fingerprint density at radius 2 is 1.73 bits per heavy atom. The molecular formula is C47H52ClFN6O7S. The highest BCUT2D eigenvalue weighted by molar-refractivity contribution is 7.90. The normalized spacial score (nSPS) is 19.5. The van der Waals surface area contributed by atoms with Gasteiger partial charge < -0.3 is 25.0 Å². The summed E-state index contributed by atoms with van der Waals surface area (Å²) < 4.78 is 51.0. The van der Waals surface area contributed by atoms with E-state index in [9.17, 15) is 28.4 Å². The van der Waals surface area contributed by atoms with E-state index in [1.807, 2.05) is 12.1 Å². The Hall–Kier alpha value is -5.48. The second-order valence-electron chi connectivity index (χ2n) is 17.7. The Morgan fingerprint density at radius 3 is 2.46 bits per heavy atom. The highest BCUT2D eigenvalue weighted by Gasteiger charge is 2.31. The molecule has 5 aromatic rings. The lowest BCUT2D eigenvalue weighted by Gasteiger charge is -2.39. The summed E-state index contributed by atoms with van der Waals surface area (Å²) in [5.74, 6) is -1.78. The number of carbonyl (C=O) groups is 1. The van der Waals surface area contributed by atoms with Crippen molar-refractivity contribution in [1.29, 1.82) is 0 Å². The van der Waals surface area contributed by atoms with Gasteiger partial charge in [0.1, 0.15) is 11.4 Å². The van der Waals surface area contributed by atoms with Crippen LogP contribution in [0.25, 0.3) is 16.5 Å². The molecule has 4 N–H and O–H groups in total. The minimum Gasteiger partial charge on any atom is -0.453 e. The fourth-order valence-electron chi connectivity index (χ4n) is 8.95. The van der Waals surface area contributed by atoms with Crippen LogP contribution >= 0.6 is 11.6 Å². The Bertz CT molecular complexity index is 2650. The van der Waals surface area contributed by atoms with E-state index < -0.39 is 37.3 Å². The van der Waals surface area contributed by atoms with Crippen molar-refractivity contribution in [3.63, 3.8) is 0 Å². The number of aromatic nitrogens is 1. The van der Waals surface area contributed by atoms with E-state index >= 15 is 4.39 Å². The number of aliphatic hydroxyl groups is 1. The molecule has 2 aliphatic carbocycles. The zero-order valence-electron chi connectivity index (χ0n) is 35.3. The number of rotatable bonds is 13. The number of hydrogen-bond acceptors (Lipinski definition) is 10. The number of aliphatic hydroxyl groups excluding tert-OH is 1. The molecule has 0 unspecified atom stereocenters. The maximum absolute atomic E-state index is 15.5. The van der Waals surface area contributed by atoms with Crippen LogP contribution in [0.15, 0.2) is 95.5 Å². The highest BCUT2D eigenvalue weighted by atomic mass is 35.5. The summed E-state index contributed by atoms with van der Waals surface area (Å²) in [5, 5.41) is 26.4. The minimum atomic E-state index is -4.64. The lowest BCUT2D eigenvalue weighted by molar-refractivity contribution is -0.384. The molecule has 1 saturated heterocycles. The minimum absolute atomic E-state index is 0.0697. The number of halogens is 2. The molecule has 1 aromatic heterocycles. The third-order valence-electron chi connectivity index (χ3n) is 12.7. The lowest BCUT2D eigenvalue weighted by atomic mass is 9.72. The van der Waals surface area contributed by atoms with Crippen molar-refractivity contribution in [3.8, 4) is 11.5 Å². The van der Waals surface area contributed by atoms with Crippen molar-refractivity contribution in [2.75, 3.05) is 49.5 Å². The first kappa shape index (κ1) is 44.1. The van der Waals surface area contributed by atoms with E-state index in [0.717, 1.165) is 57.8 Å². The molecule has 0 atom stereocenters. The van der Waals surface area contributed by atoms with Crippen molar-refractivity contribution in [2.24, 2.45) is 11.3 Å². The number of hydrogen-bond donors (Lipinski definition) is 4. The van der Waals surface area contributed by atoms with Gasteiger partial charge in [0.15, 0.2) is 11.6 Å². The van der Waals surface area contributed by atoms with Gasteiger partial charge in [0, 0.05) is 85.3 Å². The van der Waals surface area contributed by atoms with E-state index in [-0.39, 0.29) is 40.2 Å². The van der Waals surface area contributed by atoms with Crippen LogP contribution in [0.4, 0.5) is 21.5 Å². The van der Waals surface area contributed by atoms with Gasteiger partial charge in [-0.25, -0.2) is 17.5 Å². The molecule has 1 amide bonds. The Kier molecular flexibility index (Phi) is 12.8. The van der Waals surface area contributed by atoms with Gasteiger partial charge in [-0.05, 0) is 116 Å². The third-order valence-corrected chi connectivity index (χ3v) is 14.2. The number of nitrogens with one attached hydrogen (secondary N) is 3. The summed E-state index contributed by atoms with van der Waals surface area (Å²) >= 11 is 6.23. The van der Waals surface area contributed by atoms with E-state index in [4.69, 9.17) is 16.3 Å². The number of sulfonamides is 1. The van der Waals surface area contributed by atoms with Crippen molar-refractivity contribution >= 4 is 61.1 Å². The van der Waals surface area contributed by atoms with E-state index in [1.54, 1.807) is 24.4 Å². The summed E-state index contributed by atoms with van der Waals surface area (Å²) in [5.41, 5.74) is 4.97. The number of H-pyrrole nitrogens is 1. The molecular weight excluding hydrogens is 847 g/mol. The molecule has 2 heterocycles. The summed E-state index contributed by atoms with van der Waals surface area (Å²) in [4.78, 5) is 32.4. The summed E-state index contributed by atoms with van der Waals surface area (Å²) in [6, 6.07) is 20.8. The lowest BCUT2D eigenvalue weighted by Crippen LogP contribution is -2.47. The van der Waals surface area contributed by atoms with E-state index in [2.05, 4.69) is 50.8 Å². The number of piperazine rings is 1. The van der Waals surface area contributed by atoms with Crippen LogP contribution < -0.4 is 19.7 Å². The van der Waals surface area contributed by atoms with Crippen LogP contribution in [0.5, 0.6) is 11.5 Å². The molecule has 2 fully saturated rings. The maximum Gasteiger partial charge on any atom is 0.293 e. The molecule has 332 valence electrons. The molecule has 4 aromatic carbocycles. The van der Waals surface area contributed by atoms with Crippen LogP contribution in [-0.4, -0.2) is 79.6 Å². The standard InChI is InChI=1S/C47H52ClFN6O7S/c1-47(2)17-15-33(39(27-47)31-5-7-34(48)8-6-31)29-53-19-21-54(22-20-53)35-9-13-38(44(24-35)62-45-23-32-16-18-50-42(32)26-40(45)49)46(57)52-63(60,61)37-12-14-41(43(25-37)55(58)59)51-28-30-3-10-36(56)11-4-30/h5-9,12-14,16,18,23-26,30,36,50-51,56H,3-4,10-11,15,17,19-22,27-29H2,1-2H3,(H,52,57). The maximum atomic E-state index is 15.5. The van der Waals surface area contributed by atoms with Crippen LogP contribution in [-0.2, 0) is 10.0 Å². The number of carbonyl (C=O) groups excluding carboxylic acids is 1. The molecule has 1 aliphatic heterocycles. The highest BCUT2D eigenvalue weighted by Crippen LogP contribution is 2.44. The first-order chi connectivity index (χ1) is 30.1. The monoisotopic (exact) mass is 898 g/mol. The summed E-state index contributed by atoms with van der Waals surface area (Å²) in [6.07, 6.45) is 7.28. The number of allylic oxidation sites excluding steroid dienone is 1. The smallest absolute Gasteiger partial charge is 0.293 e. The number of nitrogens with zero attached hydrogens (tertiary/aromatic N) is 3. The topological polar surface area (TPSA) is 170 Å². The molecule has 1 saturated carbocycles. The number of benzene rings is 4. The van der Waals surface area contributed by atoms with Crippen molar-refractivity contribution < 1.29 is 32.4 Å². The zero-order valence-corrected chi connectivity index (χ0v) is 36.9. The Morgan fingerprint density at radius 1 is 0.984 bits per heavy atom. The first-order valence-electron chi connectivity index (χ1n) is 21.4. The number of amides is 1. The van der Waals surface area contributed by atoms with E-state index in [1.165, 1.54) is 47.0 Å². The van der Waals surface area contributed by atoms with Gasteiger partial charge in [-0.3, -0.25) is 19.8 Å². The van der Waals surface area contributed by atoms with Gasteiger partial charge in [0.2, 0.25) is 0 Å². The second kappa shape index (κ2) is 18.3. The molecule has 63 heavy (non-hydrogen) atoms. The first-order valence-corrected chi connectivity index (χ1v) is 23.3. The average Bonchev–Trinajstić information content (AvgIpc) is 3.71. The fraction of sp³-hybridized carbons (Fsp3) is 0.383. The van der Waals surface area contributed by atoms with Crippen LogP contribution in [0.1, 0.15) is 74.7 Å². The predicted molar refractivity (Wildman–Crippen MR) is 244 cm³/mol. The number of aromatic amines is 1. The Balaban J connectivity index is 1.01. The molecule has 3 aliphatic rings. The van der Waals surface area contributed by atoms with E-state index in [0.29, 0.717) is 54.1 Å². The van der Waals surface area contributed by atoms with Gasteiger partial charge in [0.25, 0.3) is 21.6 Å². The van der Waals surface area contributed by atoms with Crippen LogP contribution in [0.3, 0.4) is 0 Å². The van der Waals surface area contributed by atoms with Gasteiger partial charge in [-0.15, -0.1) is 0 Å². The fourth-order valence-corrected chi connectivity index (χ4v) is 10.1. The molecule has 0 radical (unpaired) electrons. The zero-order chi connectivity index (χ0) is 44.5. The Labute approximate surface area is 371 Å². The molecule has 8 rings (SSSR count). The van der Waals surface area contributed by atoms with Gasteiger partial charge >= 0.3 is 0 Å². The summed E-state index contributed by atoms with van der Waals surface area (Å²) in [7, 11) is -4.64. The largest absolute Gasteiger partial charge is 0.453 e. The number of nitro benzene ring substituents is 1. The van der Waals surface area contributed by atoms with Crippen molar-refractivity contribution in [1.82, 2.24) is 14.6 Å². The molecule has 13 nitrogen and oxygen atoms in total. The van der Waals surface area contributed by atoms with Gasteiger partial charge in [-0.1, -0.05) is 43.2 Å². The number of ether oxygens (including phenoxy) is 1. The van der Waals surface area contributed by atoms with Crippen molar-refractivity contribution in [2.45, 2.75) is 69.8 Å². The molecule has 0 bridgehead atoms. The van der Waals surface area contributed by atoms with Gasteiger partial charge in [0.05, 0.1) is 21.5 Å². The average molecular weight is 899 g/mol. The predicted octanol–water partition coefficient (Wildman–Crippen LogP) is 9.53. The summed E-state index contributed by atoms with van der Waals surface area (Å²) in [6.45, 7) is 8.75. The SMILES string of the molecule is CC1(C)CCC(CN2CCN(c3ccc(C(=O)NS(=O)(=O)c4ccc(NCC5CCC(O)CC5)c([N+](=O)[O-])c4)c(Oc4cc5cc[nH]c5cc4F)c3)CC2)=C(c2ccc(Cl)cc2)C1. The molecule has 16 heteroatoms. The third kappa shape index (κ3) is 10.3. The quantitative estimate of drug-likeness (QED) is 0.0660. The number of fused-ring (bicyclic) bond motifs is 1. The molecule has 0 spiro atoms. The van der Waals surface area contributed by atoms with Crippen LogP contribution in [0.2, 0.25) is 5.02 Å². The van der Waals surface area contributed by atoms with Gasteiger partial charge in [-0.2, -0.15) is 0 Å². The second-order valence-corrected chi connectivity index (χ2v) is 19.9. The van der Waals surface area contributed by atoms with Crippen molar-refractivity contribution in [3.05, 3.63) is 123 Å². The number of anilines is 2.